The van der Waals surface area contributed by atoms with Crippen LogP contribution in [0.15, 0.2) is 30.3 Å². The van der Waals surface area contributed by atoms with Crippen LogP contribution in [0.25, 0.3) is 0 Å². The summed E-state index contributed by atoms with van der Waals surface area (Å²) in [6, 6.07) is 10.9. The Morgan fingerprint density at radius 2 is 1.85 bits per heavy atom. The summed E-state index contributed by atoms with van der Waals surface area (Å²) in [6.45, 7) is 10.5. The number of benzene rings is 1. The molecule has 0 bridgehead atoms. The molecule has 2 aromatic rings. The number of rotatable bonds is 6. The highest BCUT2D eigenvalue weighted by Gasteiger charge is 2.05. The molecule has 0 radical (unpaired) electrons. The average Bonchev–Trinajstić information content (AvgIpc) is 2.88. The maximum absolute atomic E-state index is 4.57. The zero-order chi connectivity index (χ0) is 14.5. The molecule has 0 saturated heterocycles. The number of aryl methyl sites for hydroxylation is 2. The lowest BCUT2D eigenvalue weighted by molar-refractivity contribution is 0.619. The zero-order valence-corrected chi connectivity index (χ0v) is 13.0. The van der Waals surface area contributed by atoms with Crippen LogP contribution in [0.1, 0.15) is 50.6 Å². The van der Waals surface area contributed by atoms with Crippen molar-refractivity contribution < 1.29 is 0 Å². The molecule has 0 saturated carbocycles. The Labute approximate surface area is 122 Å². The maximum Gasteiger partial charge on any atom is 0.0625 e. The fourth-order valence-corrected chi connectivity index (χ4v) is 2.28. The lowest BCUT2D eigenvalue weighted by atomic mass is 10.0. The first-order valence-electron chi connectivity index (χ1n) is 7.53. The molecule has 0 aliphatic carbocycles. The first kappa shape index (κ1) is 14.6. The lowest BCUT2D eigenvalue weighted by Crippen LogP contribution is -2.07. The normalized spacial score (nSPS) is 11.1. The summed E-state index contributed by atoms with van der Waals surface area (Å²) in [5.74, 6) is 0.581. The molecule has 0 spiro atoms. The molecule has 2 rings (SSSR count). The minimum absolute atomic E-state index is 0.581. The number of aromatic nitrogens is 2. The van der Waals surface area contributed by atoms with Crippen LogP contribution in [0.3, 0.4) is 0 Å². The predicted molar refractivity (Wildman–Crippen MR) is 85.1 cm³/mol. The number of nitrogens with one attached hydrogen (secondary N) is 1. The third-order valence-electron chi connectivity index (χ3n) is 3.63. The van der Waals surface area contributed by atoms with Gasteiger partial charge in [-0.05, 0) is 43.0 Å². The largest absolute Gasteiger partial charge is 0.379 e. The van der Waals surface area contributed by atoms with Crippen molar-refractivity contribution in [1.29, 1.82) is 0 Å². The average molecular weight is 271 g/mol. The van der Waals surface area contributed by atoms with Crippen LogP contribution in [-0.4, -0.2) is 9.78 Å². The van der Waals surface area contributed by atoms with Gasteiger partial charge in [-0.15, -0.1) is 0 Å². The molecule has 1 heterocycles. The molecule has 108 valence electrons. The van der Waals surface area contributed by atoms with Crippen molar-refractivity contribution >= 4 is 5.69 Å². The van der Waals surface area contributed by atoms with Crippen LogP contribution in [0.5, 0.6) is 0 Å². The summed E-state index contributed by atoms with van der Waals surface area (Å²) in [7, 11) is 0. The van der Waals surface area contributed by atoms with E-state index in [1.165, 1.54) is 17.0 Å². The van der Waals surface area contributed by atoms with Crippen LogP contribution in [0.4, 0.5) is 5.69 Å². The topological polar surface area (TPSA) is 29.9 Å². The third kappa shape index (κ3) is 3.41. The highest BCUT2D eigenvalue weighted by molar-refractivity contribution is 5.45. The van der Waals surface area contributed by atoms with Crippen LogP contribution in [0.2, 0.25) is 0 Å². The molecule has 1 N–H and O–H groups in total. The summed E-state index contributed by atoms with van der Waals surface area (Å²) in [5, 5.41) is 8.05. The Bertz CT molecular complexity index is 538. The van der Waals surface area contributed by atoms with Crippen LogP contribution in [0, 0.1) is 0 Å². The van der Waals surface area contributed by atoms with E-state index in [9.17, 15) is 0 Å². The van der Waals surface area contributed by atoms with Crippen molar-refractivity contribution in [2.75, 3.05) is 5.32 Å². The monoisotopic (exact) mass is 271 g/mol. The van der Waals surface area contributed by atoms with E-state index in [-0.39, 0.29) is 0 Å². The molecule has 0 fully saturated rings. The van der Waals surface area contributed by atoms with Gasteiger partial charge in [-0.2, -0.15) is 5.10 Å². The maximum atomic E-state index is 4.57. The second kappa shape index (κ2) is 6.60. The van der Waals surface area contributed by atoms with Gasteiger partial charge in [0.2, 0.25) is 0 Å². The Kier molecular flexibility index (Phi) is 4.83. The molecule has 20 heavy (non-hydrogen) atoms. The van der Waals surface area contributed by atoms with Crippen LogP contribution >= 0.6 is 0 Å². The molecule has 3 nitrogen and oxygen atoms in total. The van der Waals surface area contributed by atoms with E-state index in [1.807, 2.05) is 0 Å². The first-order valence-corrected chi connectivity index (χ1v) is 7.53. The molecule has 0 unspecified atom stereocenters. The summed E-state index contributed by atoms with van der Waals surface area (Å²) < 4.78 is 2.08. The first-order chi connectivity index (χ1) is 9.63. The third-order valence-corrected chi connectivity index (χ3v) is 3.63. The zero-order valence-electron chi connectivity index (χ0n) is 13.0. The molecule has 0 atom stereocenters. The molecule has 0 amide bonds. The lowest BCUT2D eigenvalue weighted by Gasteiger charge is -2.10. The van der Waals surface area contributed by atoms with E-state index in [1.54, 1.807) is 0 Å². The SMILES string of the molecule is CCc1cc(CNc2ccc(C(C)C)cc2)n(CC)n1. The molecular weight excluding hydrogens is 246 g/mol. The van der Waals surface area contributed by atoms with E-state index >= 15 is 0 Å². The minimum atomic E-state index is 0.581. The van der Waals surface area contributed by atoms with Crippen LogP contribution < -0.4 is 5.32 Å². The summed E-state index contributed by atoms with van der Waals surface area (Å²) in [5.41, 5.74) is 4.95. The Morgan fingerprint density at radius 1 is 1.15 bits per heavy atom. The van der Waals surface area contributed by atoms with E-state index in [0.717, 1.165) is 25.2 Å². The van der Waals surface area contributed by atoms with Crippen molar-refractivity contribution in [1.82, 2.24) is 9.78 Å². The van der Waals surface area contributed by atoms with Gasteiger partial charge in [0.25, 0.3) is 0 Å². The fourth-order valence-electron chi connectivity index (χ4n) is 2.28. The molecule has 0 aliphatic rings. The van der Waals surface area contributed by atoms with Gasteiger partial charge in [-0.25, -0.2) is 0 Å². The Balaban J connectivity index is 2.02. The van der Waals surface area contributed by atoms with Crippen molar-refractivity contribution in [3.8, 4) is 0 Å². The summed E-state index contributed by atoms with van der Waals surface area (Å²) in [4.78, 5) is 0. The van der Waals surface area contributed by atoms with Crippen molar-refractivity contribution in [2.24, 2.45) is 0 Å². The van der Waals surface area contributed by atoms with E-state index in [4.69, 9.17) is 0 Å². The number of hydrogen-bond donors (Lipinski definition) is 1. The Morgan fingerprint density at radius 3 is 2.40 bits per heavy atom. The molecule has 1 aromatic carbocycles. The molecule has 1 aromatic heterocycles. The van der Waals surface area contributed by atoms with Crippen molar-refractivity contribution in [3.63, 3.8) is 0 Å². The highest BCUT2D eigenvalue weighted by Crippen LogP contribution is 2.18. The summed E-state index contributed by atoms with van der Waals surface area (Å²) >= 11 is 0. The van der Waals surface area contributed by atoms with E-state index in [2.05, 4.69) is 73.1 Å². The van der Waals surface area contributed by atoms with Gasteiger partial charge in [0, 0.05) is 12.2 Å². The van der Waals surface area contributed by atoms with Gasteiger partial charge in [0.1, 0.15) is 0 Å². The summed E-state index contributed by atoms with van der Waals surface area (Å²) in [6.07, 6.45) is 0.989. The second-order valence-electron chi connectivity index (χ2n) is 5.43. The fraction of sp³-hybridized carbons (Fsp3) is 0.471. The smallest absolute Gasteiger partial charge is 0.0625 e. The van der Waals surface area contributed by atoms with Gasteiger partial charge in [0.05, 0.1) is 17.9 Å². The number of hydrogen-bond acceptors (Lipinski definition) is 2. The van der Waals surface area contributed by atoms with E-state index in [0.29, 0.717) is 5.92 Å². The van der Waals surface area contributed by atoms with Gasteiger partial charge < -0.3 is 5.32 Å². The molecule has 0 aliphatic heterocycles. The van der Waals surface area contributed by atoms with Gasteiger partial charge >= 0.3 is 0 Å². The van der Waals surface area contributed by atoms with Crippen molar-refractivity contribution in [3.05, 3.63) is 47.3 Å². The minimum Gasteiger partial charge on any atom is -0.379 e. The highest BCUT2D eigenvalue weighted by atomic mass is 15.3. The quantitative estimate of drug-likeness (QED) is 0.853. The standard InChI is InChI=1S/C17H25N3/c1-5-15-11-17(20(6-2)19-15)12-18-16-9-7-14(8-10-16)13(3)4/h7-11,13,18H,5-6,12H2,1-4H3. The number of nitrogens with zero attached hydrogens (tertiary/aromatic N) is 2. The molecule has 3 heteroatoms. The van der Waals surface area contributed by atoms with Gasteiger partial charge in [-0.1, -0.05) is 32.9 Å². The van der Waals surface area contributed by atoms with E-state index < -0.39 is 0 Å². The van der Waals surface area contributed by atoms with Gasteiger partial charge in [-0.3, -0.25) is 4.68 Å². The second-order valence-corrected chi connectivity index (χ2v) is 5.43. The van der Waals surface area contributed by atoms with Crippen molar-refractivity contribution in [2.45, 2.75) is 53.1 Å². The molecular formula is C17H25N3. The predicted octanol–water partition coefficient (Wildman–Crippen LogP) is 4.20. The van der Waals surface area contributed by atoms with Crippen LogP contribution in [-0.2, 0) is 19.5 Å². The van der Waals surface area contributed by atoms with Gasteiger partial charge in [0.15, 0.2) is 0 Å². The number of anilines is 1. The Hall–Kier alpha value is -1.77.